The summed E-state index contributed by atoms with van der Waals surface area (Å²) in [4.78, 5) is 25.4. The monoisotopic (exact) mass is 432 g/mol. The lowest BCUT2D eigenvalue weighted by atomic mass is 9.62. The van der Waals surface area contributed by atoms with E-state index < -0.39 is 5.41 Å². The van der Waals surface area contributed by atoms with Crippen molar-refractivity contribution in [2.45, 2.75) is 124 Å². The number of carbonyl (C=O) groups excluding carboxylic acids is 2. The standard InChI is InChI=1S/C28H48O3/c1-4-6-7-8-21-9-11-22(12-10-21)23-13-15-24(16-14-23)25-17-18-28(3,26(29)20-25)27(30)31-19-5-2/h21-25H,4-20H2,1-3H3/t21-,22-,23?,24?,25-,28+/m1/s1. The maximum atomic E-state index is 12.9. The minimum absolute atomic E-state index is 0.133. The van der Waals surface area contributed by atoms with Crippen LogP contribution in [-0.2, 0) is 14.3 Å². The molecule has 0 spiro atoms. The van der Waals surface area contributed by atoms with Crippen LogP contribution in [0.1, 0.15) is 124 Å². The molecule has 3 heteroatoms. The molecule has 0 saturated heterocycles. The van der Waals surface area contributed by atoms with Gasteiger partial charge in [-0.25, -0.2) is 0 Å². The van der Waals surface area contributed by atoms with Gasteiger partial charge >= 0.3 is 5.97 Å². The molecule has 3 fully saturated rings. The summed E-state index contributed by atoms with van der Waals surface area (Å²) in [5, 5.41) is 0. The number of rotatable bonds is 9. The van der Waals surface area contributed by atoms with E-state index in [1.807, 2.05) is 13.8 Å². The number of esters is 1. The van der Waals surface area contributed by atoms with Gasteiger partial charge < -0.3 is 4.74 Å². The largest absolute Gasteiger partial charge is 0.465 e. The fourth-order valence-electron chi connectivity index (χ4n) is 6.87. The van der Waals surface area contributed by atoms with Crippen LogP contribution in [0, 0.1) is 35.0 Å². The van der Waals surface area contributed by atoms with E-state index in [1.165, 1.54) is 77.0 Å². The fraction of sp³-hybridized carbons (Fsp3) is 0.929. The van der Waals surface area contributed by atoms with Crippen molar-refractivity contribution in [3.63, 3.8) is 0 Å². The highest BCUT2D eigenvalue weighted by Gasteiger charge is 2.47. The van der Waals surface area contributed by atoms with Crippen molar-refractivity contribution < 1.29 is 14.3 Å². The molecule has 3 aliphatic carbocycles. The third kappa shape index (κ3) is 6.35. The van der Waals surface area contributed by atoms with Crippen molar-refractivity contribution in [2.24, 2.45) is 35.0 Å². The highest BCUT2D eigenvalue weighted by molar-refractivity contribution is 6.04. The molecule has 3 aliphatic rings. The maximum absolute atomic E-state index is 12.9. The third-order valence-electron chi connectivity index (χ3n) is 9.22. The highest BCUT2D eigenvalue weighted by atomic mass is 16.5. The normalized spacial score (nSPS) is 36.9. The Hall–Kier alpha value is -0.860. The Kier molecular flexibility index (Phi) is 9.47. The van der Waals surface area contributed by atoms with Crippen LogP contribution < -0.4 is 0 Å². The molecule has 178 valence electrons. The first-order valence-electron chi connectivity index (χ1n) is 13.7. The highest BCUT2D eigenvalue weighted by Crippen LogP contribution is 2.47. The van der Waals surface area contributed by atoms with Gasteiger partial charge in [0, 0.05) is 6.42 Å². The molecule has 0 radical (unpaired) electrons. The molecule has 3 rings (SSSR count). The van der Waals surface area contributed by atoms with Crippen molar-refractivity contribution in [2.75, 3.05) is 6.61 Å². The molecule has 0 aliphatic heterocycles. The first-order chi connectivity index (χ1) is 15.0. The Morgan fingerprint density at radius 2 is 1.42 bits per heavy atom. The molecule has 0 aromatic rings. The predicted molar refractivity (Wildman–Crippen MR) is 127 cm³/mol. The van der Waals surface area contributed by atoms with Gasteiger partial charge in [0.05, 0.1) is 6.61 Å². The molecule has 0 aromatic heterocycles. The minimum Gasteiger partial charge on any atom is -0.465 e. The summed E-state index contributed by atoms with van der Waals surface area (Å²) < 4.78 is 5.34. The number of unbranched alkanes of at least 4 members (excludes halogenated alkanes) is 2. The Morgan fingerprint density at radius 3 is 1.97 bits per heavy atom. The quantitative estimate of drug-likeness (QED) is 0.215. The van der Waals surface area contributed by atoms with E-state index in [0.717, 1.165) is 30.6 Å². The number of hydrogen-bond acceptors (Lipinski definition) is 3. The topological polar surface area (TPSA) is 43.4 Å². The average molecular weight is 433 g/mol. The van der Waals surface area contributed by atoms with Gasteiger partial charge in [-0.1, -0.05) is 52.4 Å². The molecule has 3 saturated carbocycles. The van der Waals surface area contributed by atoms with Crippen LogP contribution in [0.5, 0.6) is 0 Å². The summed E-state index contributed by atoms with van der Waals surface area (Å²) in [5.41, 5.74) is -0.890. The number of ether oxygens (including phenoxy) is 1. The van der Waals surface area contributed by atoms with E-state index in [2.05, 4.69) is 6.92 Å². The molecule has 0 heterocycles. The van der Waals surface area contributed by atoms with Gasteiger partial charge in [0.25, 0.3) is 0 Å². The summed E-state index contributed by atoms with van der Waals surface area (Å²) >= 11 is 0. The fourth-order valence-corrected chi connectivity index (χ4v) is 6.87. The molecule has 0 aromatic carbocycles. The molecule has 0 bridgehead atoms. The molecule has 2 atom stereocenters. The Labute approximate surface area is 191 Å². The van der Waals surface area contributed by atoms with Gasteiger partial charge in [0.2, 0.25) is 0 Å². The summed E-state index contributed by atoms with van der Waals surface area (Å²) in [6, 6.07) is 0. The van der Waals surface area contributed by atoms with Crippen molar-refractivity contribution in [3.05, 3.63) is 0 Å². The summed E-state index contributed by atoms with van der Waals surface area (Å²) in [5.74, 6) is 3.94. The first-order valence-corrected chi connectivity index (χ1v) is 13.7. The number of Topliss-reactive ketones (excluding diaryl/α,β-unsaturated/α-hetero) is 1. The number of ketones is 1. The van der Waals surface area contributed by atoms with Crippen LogP contribution in [0.4, 0.5) is 0 Å². The first kappa shape index (κ1) is 24.8. The van der Waals surface area contributed by atoms with E-state index in [4.69, 9.17) is 4.74 Å². The molecule has 0 N–H and O–H groups in total. The van der Waals surface area contributed by atoms with E-state index in [1.54, 1.807) is 0 Å². The molecule has 31 heavy (non-hydrogen) atoms. The van der Waals surface area contributed by atoms with Gasteiger partial charge in [-0.05, 0) is 94.3 Å². The van der Waals surface area contributed by atoms with Crippen LogP contribution >= 0.6 is 0 Å². The van der Waals surface area contributed by atoms with Crippen molar-refractivity contribution in [3.8, 4) is 0 Å². The van der Waals surface area contributed by atoms with Gasteiger partial charge in [0.15, 0.2) is 0 Å². The Balaban J connectivity index is 1.40. The maximum Gasteiger partial charge on any atom is 0.319 e. The van der Waals surface area contributed by atoms with Crippen LogP contribution in [0.3, 0.4) is 0 Å². The molecular formula is C28H48O3. The Morgan fingerprint density at radius 1 is 0.839 bits per heavy atom. The predicted octanol–water partition coefficient (Wildman–Crippen LogP) is 7.51. The zero-order valence-electron chi connectivity index (χ0n) is 20.6. The van der Waals surface area contributed by atoms with Crippen molar-refractivity contribution in [1.82, 2.24) is 0 Å². The van der Waals surface area contributed by atoms with E-state index in [9.17, 15) is 9.59 Å². The smallest absolute Gasteiger partial charge is 0.319 e. The van der Waals surface area contributed by atoms with Gasteiger partial charge in [-0.3, -0.25) is 9.59 Å². The summed E-state index contributed by atoms with van der Waals surface area (Å²) in [6.07, 6.45) is 20.0. The van der Waals surface area contributed by atoms with E-state index >= 15 is 0 Å². The number of hydrogen-bond donors (Lipinski definition) is 0. The van der Waals surface area contributed by atoms with Crippen LogP contribution in [0.25, 0.3) is 0 Å². The second-order valence-electron chi connectivity index (χ2n) is 11.3. The van der Waals surface area contributed by atoms with Gasteiger partial charge in [-0.15, -0.1) is 0 Å². The second kappa shape index (κ2) is 11.8. The van der Waals surface area contributed by atoms with Crippen LogP contribution in [0.2, 0.25) is 0 Å². The molecular weight excluding hydrogens is 384 g/mol. The zero-order valence-corrected chi connectivity index (χ0v) is 20.6. The van der Waals surface area contributed by atoms with Crippen LogP contribution in [0.15, 0.2) is 0 Å². The van der Waals surface area contributed by atoms with Crippen molar-refractivity contribution >= 4 is 11.8 Å². The lowest BCUT2D eigenvalue weighted by Crippen LogP contribution is -2.44. The third-order valence-corrected chi connectivity index (χ3v) is 9.22. The molecule has 3 nitrogen and oxygen atoms in total. The second-order valence-corrected chi connectivity index (χ2v) is 11.3. The Bertz CT molecular complexity index is 569. The summed E-state index contributed by atoms with van der Waals surface area (Å²) in [7, 11) is 0. The average Bonchev–Trinajstić information content (AvgIpc) is 2.80. The van der Waals surface area contributed by atoms with E-state index in [-0.39, 0.29) is 11.8 Å². The minimum atomic E-state index is -0.890. The van der Waals surface area contributed by atoms with Gasteiger partial charge in [-0.2, -0.15) is 0 Å². The van der Waals surface area contributed by atoms with Gasteiger partial charge in [0.1, 0.15) is 11.2 Å². The lowest BCUT2D eigenvalue weighted by Gasteiger charge is -2.42. The lowest BCUT2D eigenvalue weighted by molar-refractivity contribution is -0.162. The van der Waals surface area contributed by atoms with Crippen molar-refractivity contribution in [1.29, 1.82) is 0 Å². The summed E-state index contributed by atoms with van der Waals surface area (Å²) in [6.45, 7) is 6.54. The zero-order chi connectivity index (χ0) is 22.3. The number of carbonyl (C=O) groups is 2. The SMILES string of the molecule is CCCCC[C@H]1CC[C@H](C2CCC([C@@H]3CC[C@](C)(C(=O)OCCC)C(=O)C3)CC2)CC1. The van der Waals surface area contributed by atoms with E-state index in [0.29, 0.717) is 31.3 Å². The molecule has 0 amide bonds. The van der Waals surface area contributed by atoms with Crippen LogP contribution in [-0.4, -0.2) is 18.4 Å². The molecule has 0 unspecified atom stereocenters.